The van der Waals surface area contributed by atoms with Crippen molar-refractivity contribution in [3.05, 3.63) is 18.3 Å². The highest BCUT2D eigenvalue weighted by molar-refractivity contribution is 7.90. The van der Waals surface area contributed by atoms with Crippen molar-refractivity contribution in [1.29, 1.82) is 0 Å². The largest absolute Gasteiger partial charge is 0.396 e. The molecule has 0 saturated heterocycles. The zero-order chi connectivity index (χ0) is 10.6. The van der Waals surface area contributed by atoms with Gasteiger partial charge < -0.3 is 11.1 Å². The van der Waals surface area contributed by atoms with Gasteiger partial charge in [-0.05, 0) is 12.1 Å². The molecule has 78 valence electrons. The Balaban J connectivity index is 2.51. The lowest BCUT2D eigenvalue weighted by atomic mass is 10.4. The predicted molar refractivity (Wildman–Crippen MR) is 56.8 cm³/mol. The van der Waals surface area contributed by atoms with E-state index in [2.05, 4.69) is 10.3 Å². The molecular weight excluding hydrogens is 202 g/mol. The highest BCUT2D eigenvalue weighted by Gasteiger charge is 2.02. The number of pyridine rings is 1. The first kappa shape index (κ1) is 10.8. The van der Waals surface area contributed by atoms with Crippen LogP contribution in [-0.4, -0.2) is 32.0 Å². The number of hydrogen-bond acceptors (Lipinski definition) is 5. The van der Waals surface area contributed by atoms with Gasteiger partial charge in [0.2, 0.25) is 0 Å². The molecule has 0 saturated carbocycles. The Kier molecular flexibility index (Phi) is 3.29. The molecule has 6 heteroatoms. The van der Waals surface area contributed by atoms with Crippen molar-refractivity contribution < 1.29 is 8.42 Å². The van der Waals surface area contributed by atoms with Crippen LogP contribution >= 0.6 is 0 Å². The van der Waals surface area contributed by atoms with E-state index in [-0.39, 0.29) is 5.75 Å². The van der Waals surface area contributed by atoms with Gasteiger partial charge in [-0.3, -0.25) is 0 Å². The second-order valence-corrected chi connectivity index (χ2v) is 5.26. The van der Waals surface area contributed by atoms with Crippen LogP contribution < -0.4 is 11.1 Å². The van der Waals surface area contributed by atoms with E-state index in [9.17, 15) is 8.42 Å². The van der Waals surface area contributed by atoms with Gasteiger partial charge in [0.1, 0.15) is 15.7 Å². The summed E-state index contributed by atoms with van der Waals surface area (Å²) in [4.78, 5) is 3.97. The van der Waals surface area contributed by atoms with Crippen molar-refractivity contribution in [3.63, 3.8) is 0 Å². The number of nitrogens with two attached hydrogens (primary N) is 1. The Morgan fingerprint density at radius 3 is 2.86 bits per heavy atom. The lowest BCUT2D eigenvalue weighted by Gasteiger charge is -2.06. The number of hydrogen-bond donors (Lipinski definition) is 2. The lowest BCUT2D eigenvalue weighted by Crippen LogP contribution is -2.15. The highest BCUT2D eigenvalue weighted by atomic mass is 32.2. The summed E-state index contributed by atoms with van der Waals surface area (Å²) >= 11 is 0. The fraction of sp³-hybridized carbons (Fsp3) is 0.375. The van der Waals surface area contributed by atoms with Crippen LogP contribution in [0.15, 0.2) is 18.3 Å². The van der Waals surface area contributed by atoms with Crippen LogP contribution in [0.2, 0.25) is 0 Å². The molecule has 0 amide bonds. The minimum absolute atomic E-state index is 0.0724. The number of rotatable bonds is 4. The second kappa shape index (κ2) is 4.28. The van der Waals surface area contributed by atoms with Crippen LogP contribution in [0.1, 0.15) is 0 Å². The number of nitrogens with one attached hydrogen (secondary N) is 1. The first-order valence-corrected chi connectivity index (χ1v) is 6.17. The molecule has 0 aromatic carbocycles. The maximum Gasteiger partial charge on any atom is 0.149 e. The SMILES string of the molecule is CS(=O)(=O)CCNc1ncccc1N. The summed E-state index contributed by atoms with van der Waals surface area (Å²) in [6.45, 7) is 0.319. The predicted octanol–water partition coefficient (Wildman–Crippen LogP) is 0.120. The monoisotopic (exact) mass is 215 g/mol. The van der Waals surface area contributed by atoms with Crippen molar-refractivity contribution in [2.45, 2.75) is 0 Å². The van der Waals surface area contributed by atoms with E-state index in [1.54, 1.807) is 18.3 Å². The third-order valence-corrected chi connectivity index (χ3v) is 2.55. The van der Waals surface area contributed by atoms with E-state index in [0.717, 1.165) is 0 Å². The summed E-state index contributed by atoms with van der Waals surface area (Å²) in [6, 6.07) is 3.42. The van der Waals surface area contributed by atoms with Gasteiger partial charge in [-0.25, -0.2) is 13.4 Å². The molecule has 1 heterocycles. The molecule has 0 spiro atoms. The summed E-state index contributed by atoms with van der Waals surface area (Å²) in [5.41, 5.74) is 6.11. The molecule has 0 atom stereocenters. The van der Waals surface area contributed by atoms with Crippen molar-refractivity contribution in [1.82, 2.24) is 4.98 Å². The van der Waals surface area contributed by atoms with Gasteiger partial charge in [-0.1, -0.05) is 0 Å². The summed E-state index contributed by atoms with van der Waals surface area (Å²) in [5, 5.41) is 2.85. The molecule has 0 aliphatic heterocycles. The molecule has 0 unspecified atom stereocenters. The Morgan fingerprint density at radius 1 is 1.57 bits per heavy atom. The smallest absolute Gasteiger partial charge is 0.149 e. The number of anilines is 2. The van der Waals surface area contributed by atoms with Gasteiger partial charge in [0.15, 0.2) is 0 Å². The molecule has 0 aliphatic rings. The molecular formula is C8H13N3O2S. The molecule has 5 nitrogen and oxygen atoms in total. The standard InChI is InChI=1S/C8H13N3O2S/c1-14(12,13)6-5-11-8-7(9)3-2-4-10-8/h2-4H,5-6,9H2,1H3,(H,10,11). The maximum absolute atomic E-state index is 10.8. The molecule has 0 radical (unpaired) electrons. The van der Waals surface area contributed by atoms with E-state index in [4.69, 9.17) is 5.73 Å². The summed E-state index contributed by atoms with van der Waals surface area (Å²) in [6.07, 6.45) is 2.79. The second-order valence-electron chi connectivity index (χ2n) is 3.00. The van der Waals surface area contributed by atoms with E-state index >= 15 is 0 Å². The van der Waals surface area contributed by atoms with E-state index in [1.807, 2.05) is 0 Å². The highest BCUT2D eigenvalue weighted by Crippen LogP contribution is 2.11. The first-order valence-electron chi connectivity index (χ1n) is 4.11. The average molecular weight is 215 g/mol. The van der Waals surface area contributed by atoms with Crippen molar-refractivity contribution >= 4 is 21.3 Å². The van der Waals surface area contributed by atoms with Crippen LogP contribution in [0.4, 0.5) is 11.5 Å². The molecule has 0 fully saturated rings. The lowest BCUT2D eigenvalue weighted by molar-refractivity contribution is 0.602. The van der Waals surface area contributed by atoms with Gasteiger partial charge in [0.05, 0.1) is 11.4 Å². The quantitative estimate of drug-likeness (QED) is 0.745. The van der Waals surface area contributed by atoms with Crippen LogP contribution in [0, 0.1) is 0 Å². The van der Waals surface area contributed by atoms with Crippen LogP contribution in [0.5, 0.6) is 0 Å². The minimum Gasteiger partial charge on any atom is -0.396 e. The molecule has 14 heavy (non-hydrogen) atoms. The Hall–Kier alpha value is -1.30. The van der Waals surface area contributed by atoms with E-state index in [0.29, 0.717) is 18.1 Å². The number of aromatic nitrogens is 1. The van der Waals surface area contributed by atoms with Gasteiger partial charge in [-0.15, -0.1) is 0 Å². The van der Waals surface area contributed by atoms with Crippen LogP contribution in [0.25, 0.3) is 0 Å². The third-order valence-electron chi connectivity index (χ3n) is 1.60. The average Bonchev–Trinajstić information content (AvgIpc) is 2.06. The minimum atomic E-state index is -2.94. The normalized spacial score (nSPS) is 11.2. The topological polar surface area (TPSA) is 85.1 Å². The van der Waals surface area contributed by atoms with E-state index < -0.39 is 9.84 Å². The Morgan fingerprint density at radius 2 is 2.29 bits per heavy atom. The maximum atomic E-state index is 10.8. The van der Waals surface area contributed by atoms with Gasteiger partial charge in [0, 0.05) is 19.0 Å². The van der Waals surface area contributed by atoms with Crippen molar-refractivity contribution in [3.8, 4) is 0 Å². The summed E-state index contributed by atoms with van der Waals surface area (Å²) in [7, 11) is -2.94. The molecule has 0 aliphatic carbocycles. The third kappa shape index (κ3) is 3.61. The fourth-order valence-electron chi connectivity index (χ4n) is 0.920. The zero-order valence-corrected chi connectivity index (χ0v) is 8.71. The molecule has 1 aromatic rings. The molecule has 1 rings (SSSR count). The van der Waals surface area contributed by atoms with Crippen LogP contribution in [-0.2, 0) is 9.84 Å². The molecule has 3 N–H and O–H groups in total. The summed E-state index contributed by atoms with van der Waals surface area (Å²) < 4.78 is 21.6. The van der Waals surface area contributed by atoms with Gasteiger partial charge in [0.25, 0.3) is 0 Å². The molecule has 1 aromatic heterocycles. The summed E-state index contributed by atoms with van der Waals surface area (Å²) in [5.74, 6) is 0.597. The van der Waals surface area contributed by atoms with Gasteiger partial charge >= 0.3 is 0 Å². The number of sulfone groups is 1. The van der Waals surface area contributed by atoms with Gasteiger partial charge in [-0.2, -0.15) is 0 Å². The van der Waals surface area contributed by atoms with Crippen molar-refractivity contribution in [2.24, 2.45) is 0 Å². The zero-order valence-electron chi connectivity index (χ0n) is 7.90. The molecule has 0 bridgehead atoms. The first-order chi connectivity index (χ1) is 6.49. The van der Waals surface area contributed by atoms with Crippen LogP contribution in [0.3, 0.4) is 0 Å². The Labute approximate surface area is 83.3 Å². The van der Waals surface area contributed by atoms with E-state index in [1.165, 1.54) is 6.26 Å². The Bertz CT molecular complexity index is 403. The number of nitrogen functional groups attached to an aromatic ring is 1. The fourth-order valence-corrected chi connectivity index (χ4v) is 1.39. The number of nitrogens with zero attached hydrogens (tertiary/aromatic N) is 1. The van der Waals surface area contributed by atoms with Crippen molar-refractivity contribution in [2.75, 3.05) is 29.6 Å².